The van der Waals surface area contributed by atoms with E-state index in [2.05, 4.69) is 10.3 Å². The first-order valence-electron chi connectivity index (χ1n) is 8.62. The van der Waals surface area contributed by atoms with E-state index in [0.29, 0.717) is 17.6 Å². The number of urea groups is 1. The van der Waals surface area contributed by atoms with Gasteiger partial charge in [-0.15, -0.1) is 0 Å². The van der Waals surface area contributed by atoms with E-state index < -0.39 is 9.84 Å². The van der Waals surface area contributed by atoms with Crippen LogP contribution in [0, 0.1) is 17.8 Å². The highest BCUT2D eigenvalue weighted by atomic mass is 32.2. The molecule has 130 valence electrons. The fourth-order valence-corrected chi connectivity index (χ4v) is 5.46. The van der Waals surface area contributed by atoms with Gasteiger partial charge in [-0.25, -0.2) is 18.2 Å². The van der Waals surface area contributed by atoms with Gasteiger partial charge in [0, 0.05) is 18.8 Å². The molecular formula is C17H23N3O3S. The Morgan fingerprint density at radius 3 is 2.38 bits per heavy atom. The summed E-state index contributed by atoms with van der Waals surface area (Å²) in [5.74, 6) is 2.22. The fourth-order valence-electron chi connectivity index (χ4n) is 4.90. The third-order valence-electron chi connectivity index (χ3n) is 5.73. The van der Waals surface area contributed by atoms with Crippen molar-refractivity contribution in [1.82, 2.24) is 9.88 Å². The average Bonchev–Trinajstić information content (AvgIpc) is 2.70. The van der Waals surface area contributed by atoms with Crippen LogP contribution in [0.3, 0.4) is 0 Å². The summed E-state index contributed by atoms with van der Waals surface area (Å²) in [5, 5.41) is 2.91. The molecule has 1 aromatic heterocycles. The highest BCUT2D eigenvalue weighted by molar-refractivity contribution is 7.90. The Hall–Kier alpha value is -1.63. The summed E-state index contributed by atoms with van der Waals surface area (Å²) < 4.78 is 22.9. The number of pyridine rings is 1. The largest absolute Gasteiger partial charge is 0.322 e. The number of nitrogens with one attached hydrogen (secondary N) is 1. The van der Waals surface area contributed by atoms with Gasteiger partial charge >= 0.3 is 6.03 Å². The van der Waals surface area contributed by atoms with E-state index in [1.54, 1.807) is 6.07 Å². The van der Waals surface area contributed by atoms with Gasteiger partial charge in [0.05, 0.1) is 11.9 Å². The van der Waals surface area contributed by atoms with Gasteiger partial charge in [-0.1, -0.05) is 0 Å². The Balaban J connectivity index is 1.48. The number of fused-ring (bicyclic) bond motifs is 1. The molecule has 2 unspecified atom stereocenters. The molecule has 0 radical (unpaired) electrons. The highest BCUT2D eigenvalue weighted by Crippen LogP contribution is 2.47. The van der Waals surface area contributed by atoms with Crippen molar-refractivity contribution in [1.29, 1.82) is 0 Å². The van der Waals surface area contributed by atoms with Crippen molar-refractivity contribution in [2.45, 2.75) is 43.2 Å². The lowest BCUT2D eigenvalue weighted by Gasteiger charge is -2.38. The van der Waals surface area contributed by atoms with E-state index in [0.717, 1.165) is 37.5 Å². The van der Waals surface area contributed by atoms with E-state index in [1.807, 2.05) is 4.90 Å². The Morgan fingerprint density at radius 2 is 1.79 bits per heavy atom. The number of hydrogen-bond donors (Lipinski definition) is 1. The van der Waals surface area contributed by atoms with Crippen LogP contribution in [0.2, 0.25) is 0 Å². The minimum absolute atomic E-state index is 0.0196. The molecule has 0 spiro atoms. The molecule has 2 aliphatic heterocycles. The minimum Gasteiger partial charge on any atom is -0.321 e. The molecule has 2 saturated heterocycles. The van der Waals surface area contributed by atoms with E-state index in [9.17, 15) is 13.2 Å². The van der Waals surface area contributed by atoms with Crippen LogP contribution in [-0.4, -0.2) is 43.2 Å². The molecule has 4 aliphatic rings. The Kier molecular flexibility index (Phi) is 3.78. The molecule has 0 aromatic carbocycles. The van der Waals surface area contributed by atoms with E-state index in [-0.39, 0.29) is 11.1 Å². The number of nitrogens with zero attached hydrogens (tertiary/aromatic N) is 2. The van der Waals surface area contributed by atoms with Crippen molar-refractivity contribution in [2.75, 3.05) is 18.1 Å². The van der Waals surface area contributed by atoms with Crippen LogP contribution < -0.4 is 5.32 Å². The van der Waals surface area contributed by atoms with E-state index in [1.165, 1.54) is 31.5 Å². The van der Waals surface area contributed by atoms with Crippen LogP contribution in [0.15, 0.2) is 23.4 Å². The van der Waals surface area contributed by atoms with E-state index >= 15 is 0 Å². The number of carbonyl (C=O) groups is 1. The Bertz CT molecular complexity index is 733. The molecule has 4 atom stereocenters. The molecule has 4 fully saturated rings. The monoisotopic (exact) mass is 349 g/mol. The molecule has 5 rings (SSSR count). The average molecular weight is 349 g/mol. The lowest BCUT2D eigenvalue weighted by molar-refractivity contribution is 0.136. The summed E-state index contributed by atoms with van der Waals surface area (Å²) in [4.78, 5) is 18.7. The number of carbonyl (C=O) groups excluding carboxylic acids is 1. The van der Waals surface area contributed by atoms with Crippen LogP contribution in [0.4, 0.5) is 10.5 Å². The maximum atomic E-state index is 12.7. The maximum Gasteiger partial charge on any atom is 0.322 e. The van der Waals surface area contributed by atoms with Crippen molar-refractivity contribution >= 4 is 21.6 Å². The fraction of sp³-hybridized carbons (Fsp3) is 0.647. The Labute approximate surface area is 142 Å². The summed E-state index contributed by atoms with van der Waals surface area (Å²) in [6, 6.07) is 3.30. The maximum absolute atomic E-state index is 12.7. The molecule has 1 N–H and O–H groups in total. The molecule has 2 amide bonds. The van der Waals surface area contributed by atoms with Crippen LogP contribution in [0.1, 0.15) is 32.1 Å². The summed E-state index contributed by atoms with van der Waals surface area (Å²) in [5.41, 5.74) is 0.538. The first-order chi connectivity index (χ1) is 11.4. The number of hydrogen-bond acceptors (Lipinski definition) is 4. The second-order valence-corrected chi connectivity index (χ2v) is 9.63. The van der Waals surface area contributed by atoms with Crippen molar-refractivity contribution < 1.29 is 13.2 Å². The second kappa shape index (κ2) is 5.72. The van der Waals surface area contributed by atoms with Gasteiger partial charge in [0.15, 0.2) is 14.9 Å². The first kappa shape index (κ1) is 15.9. The van der Waals surface area contributed by atoms with Gasteiger partial charge < -0.3 is 10.2 Å². The van der Waals surface area contributed by atoms with Gasteiger partial charge in [0.1, 0.15) is 0 Å². The van der Waals surface area contributed by atoms with Crippen LogP contribution in [0.5, 0.6) is 0 Å². The standard InChI is InChI=1S/C17H23N3O3S/c1-24(22,23)16-3-2-14(9-18-16)19-17(21)20-10-13-5-11-4-12(6-13)8-15(20)7-11/h2-3,9,11-13,15H,4-8,10H2,1H3,(H,19,21)/t11-,12+,13?,15?. The summed E-state index contributed by atoms with van der Waals surface area (Å²) in [7, 11) is -3.32. The molecule has 4 bridgehead atoms. The lowest BCUT2D eigenvalue weighted by atomic mass is 9.68. The lowest BCUT2D eigenvalue weighted by Crippen LogP contribution is -2.44. The predicted molar refractivity (Wildman–Crippen MR) is 90.4 cm³/mol. The van der Waals surface area contributed by atoms with Gasteiger partial charge in [-0.3, -0.25) is 0 Å². The zero-order valence-electron chi connectivity index (χ0n) is 13.8. The van der Waals surface area contributed by atoms with E-state index in [4.69, 9.17) is 0 Å². The molecule has 3 heterocycles. The van der Waals surface area contributed by atoms with Crippen LogP contribution >= 0.6 is 0 Å². The van der Waals surface area contributed by atoms with Crippen LogP contribution in [-0.2, 0) is 9.84 Å². The normalized spacial score (nSPS) is 31.8. The van der Waals surface area contributed by atoms with Gasteiger partial charge in [-0.05, 0) is 62.0 Å². The molecule has 1 aromatic rings. The topological polar surface area (TPSA) is 79.4 Å². The second-order valence-electron chi connectivity index (χ2n) is 7.67. The summed E-state index contributed by atoms with van der Waals surface area (Å²) in [6.07, 6.45) is 8.67. The third kappa shape index (κ3) is 3.01. The molecule has 7 heteroatoms. The number of rotatable bonds is 2. The van der Waals surface area contributed by atoms with Crippen molar-refractivity contribution in [3.05, 3.63) is 18.3 Å². The molecule has 6 nitrogen and oxygen atoms in total. The van der Waals surface area contributed by atoms with Crippen LogP contribution in [0.25, 0.3) is 0 Å². The number of anilines is 1. The number of sulfone groups is 1. The molecular weight excluding hydrogens is 326 g/mol. The van der Waals surface area contributed by atoms with Crippen molar-refractivity contribution in [3.8, 4) is 0 Å². The summed E-state index contributed by atoms with van der Waals surface area (Å²) >= 11 is 0. The molecule has 24 heavy (non-hydrogen) atoms. The molecule has 2 aliphatic carbocycles. The summed E-state index contributed by atoms with van der Waals surface area (Å²) in [6.45, 7) is 0.846. The smallest absolute Gasteiger partial charge is 0.321 e. The number of amides is 2. The zero-order valence-corrected chi connectivity index (χ0v) is 14.6. The SMILES string of the molecule is CS(=O)(=O)c1ccc(NC(=O)N2CC3C[C@@H]4CC2C[C@H](C3)C4)cn1. The highest BCUT2D eigenvalue weighted by Gasteiger charge is 2.44. The van der Waals surface area contributed by atoms with Crippen molar-refractivity contribution in [3.63, 3.8) is 0 Å². The quantitative estimate of drug-likeness (QED) is 0.890. The van der Waals surface area contributed by atoms with Gasteiger partial charge in [0.2, 0.25) is 0 Å². The third-order valence-corrected chi connectivity index (χ3v) is 6.74. The minimum atomic E-state index is -3.32. The number of aromatic nitrogens is 1. The van der Waals surface area contributed by atoms with Crippen molar-refractivity contribution in [2.24, 2.45) is 17.8 Å². The predicted octanol–water partition coefficient (Wildman–Crippen LogP) is 2.53. The molecule has 2 saturated carbocycles. The van der Waals surface area contributed by atoms with Gasteiger partial charge in [0.25, 0.3) is 0 Å². The zero-order chi connectivity index (χ0) is 16.9. The Morgan fingerprint density at radius 1 is 1.12 bits per heavy atom. The van der Waals surface area contributed by atoms with Gasteiger partial charge in [-0.2, -0.15) is 0 Å². The first-order valence-corrected chi connectivity index (χ1v) is 10.5.